The molecule has 9 heteroatoms. The van der Waals surface area contributed by atoms with Crippen molar-refractivity contribution < 1.29 is 27.9 Å². The Morgan fingerprint density at radius 3 is 2.29 bits per heavy atom. The number of hydrogen-bond acceptors (Lipinski definition) is 5. The lowest BCUT2D eigenvalue weighted by atomic mass is 9.99. The zero-order valence-corrected chi connectivity index (χ0v) is 13.7. The van der Waals surface area contributed by atoms with Gasteiger partial charge in [0.2, 0.25) is 10.0 Å². The summed E-state index contributed by atoms with van der Waals surface area (Å²) in [6, 6.07) is 3.87. The number of carboxylic acid groups (broad SMARTS) is 1. The highest BCUT2D eigenvalue weighted by Crippen LogP contribution is 2.28. The highest BCUT2D eigenvalue weighted by molar-refractivity contribution is 7.89. The van der Waals surface area contributed by atoms with Gasteiger partial charge in [-0.3, -0.25) is 19.3 Å². The smallest absolute Gasteiger partial charge is 0.306 e. The van der Waals surface area contributed by atoms with Crippen molar-refractivity contribution in [2.24, 2.45) is 5.92 Å². The van der Waals surface area contributed by atoms with Gasteiger partial charge in [-0.2, -0.15) is 4.31 Å². The first-order valence-corrected chi connectivity index (χ1v) is 8.87. The van der Waals surface area contributed by atoms with Crippen LogP contribution in [0.15, 0.2) is 23.1 Å². The number of imide groups is 1. The summed E-state index contributed by atoms with van der Waals surface area (Å²) in [7, 11) is -2.49. The van der Waals surface area contributed by atoms with Gasteiger partial charge < -0.3 is 5.11 Å². The molecular weight excluding hydrogens is 336 g/mol. The quantitative estimate of drug-likeness (QED) is 0.788. The van der Waals surface area contributed by atoms with Crippen LogP contribution >= 0.6 is 0 Å². The lowest BCUT2D eigenvalue weighted by Crippen LogP contribution is -2.40. The Morgan fingerprint density at radius 2 is 1.71 bits per heavy atom. The molecule has 1 fully saturated rings. The average Bonchev–Trinajstić information content (AvgIpc) is 2.79. The Kier molecular flexibility index (Phi) is 3.92. The fraction of sp³-hybridized carbons (Fsp3) is 0.400. The summed E-state index contributed by atoms with van der Waals surface area (Å²) in [5.41, 5.74) is 0.259. The highest BCUT2D eigenvalue weighted by Gasteiger charge is 2.36. The second kappa shape index (κ2) is 5.67. The van der Waals surface area contributed by atoms with E-state index >= 15 is 0 Å². The molecule has 0 atom stereocenters. The molecule has 2 heterocycles. The summed E-state index contributed by atoms with van der Waals surface area (Å²) < 4.78 is 26.6. The monoisotopic (exact) mass is 352 g/mol. The molecule has 1 N–H and O–H groups in total. The molecule has 0 bridgehead atoms. The molecular formula is C15H16N2O6S. The van der Waals surface area contributed by atoms with Gasteiger partial charge in [0.05, 0.1) is 21.9 Å². The zero-order chi connectivity index (χ0) is 17.6. The number of carbonyl (C=O) groups excluding carboxylic acids is 2. The Morgan fingerprint density at radius 1 is 1.12 bits per heavy atom. The van der Waals surface area contributed by atoms with E-state index in [0.29, 0.717) is 0 Å². The SMILES string of the molecule is CN1C(=O)c2ccc(S(=O)(=O)N3CCC(C(=O)O)CC3)cc2C1=O. The Bertz CT molecular complexity index is 840. The van der Waals surface area contributed by atoms with Crippen LogP contribution in [0, 0.1) is 5.92 Å². The summed E-state index contributed by atoms with van der Waals surface area (Å²) in [5, 5.41) is 8.99. The Balaban J connectivity index is 1.89. The maximum atomic E-state index is 12.7. The van der Waals surface area contributed by atoms with Crippen molar-refractivity contribution in [3.63, 3.8) is 0 Å². The number of nitrogens with zero attached hydrogens (tertiary/aromatic N) is 2. The fourth-order valence-electron chi connectivity index (χ4n) is 2.99. The third-order valence-electron chi connectivity index (χ3n) is 4.50. The number of hydrogen-bond donors (Lipinski definition) is 1. The molecule has 0 aliphatic carbocycles. The van der Waals surface area contributed by atoms with E-state index in [9.17, 15) is 22.8 Å². The summed E-state index contributed by atoms with van der Waals surface area (Å²) in [5.74, 6) is -2.45. The van der Waals surface area contributed by atoms with Crippen molar-refractivity contribution >= 4 is 27.8 Å². The lowest BCUT2D eigenvalue weighted by Gasteiger charge is -2.29. The number of aliphatic carboxylic acids is 1. The summed E-state index contributed by atoms with van der Waals surface area (Å²) in [4.78, 5) is 35.7. The van der Waals surface area contributed by atoms with Gasteiger partial charge in [-0.15, -0.1) is 0 Å². The van der Waals surface area contributed by atoms with Crippen LogP contribution in [-0.2, 0) is 14.8 Å². The molecule has 1 aromatic rings. The van der Waals surface area contributed by atoms with Crippen LogP contribution in [0.25, 0.3) is 0 Å². The second-order valence-corrected chi connectivity index (χ2v) is 7.83. The van der Waals surface area contributed by atoms with Crippen LogP contribution in [0.5, 0.6) is 0 Å². The van der Waals surface area contributed by atoms with E-state index in [1.165, 1.54) is 29.6 Å². The molecule has 3 rings (SSSR count). The van der Waals surface area contributed by atoms with Gasteiger partial charge in [-0.1, -0.05) is 0 Å². The summed E-state index contributed by atoms with van der Waals surface area (Å²) >= 11 is 0. The molecule has 8 nitrogen and oxygen atoms in total. The molecule has 24 heavy (non-hydrogen) atoms. The Labute approximate surface area is 138 Å². The number of carbonyl (C=O) groups is 3. The predicted octanol–water partition coefficient (Wildman–Crippen LogP) is 0.398. The molecule has 1 saturated heterocycles. The van der Waals surface area contributed by atoms with Gasteiger partial charge in [-0.25, -0.2) is 8.42 Å². The molecule has 0 aromatic heterocycles. The summed E-state index contributed by atoms with van der Waals surface area (Å²) in [6.07, 6.45) is 0.499. The van der Waals surface area contributed by atoms with Gasteiger partial charge in [0.1, 0.15) is 0 Å². The number of fused-ring (bicyclic) bond motifs is 1. The van der Waals surface area contributed by atoms with Crippen LogP contribution in [0.3, 0.4) is 0 Å². The molecule has 0 radical (unpaired) electrons. The first-order valence-electron chi connectivity index (χ1n) is 7.43. The van der Waals surface area contributed by atoms with Gasteiger partial charge in [0.15, 0.2) is 0 Å². The van der Waals surface area contributed by atoms with E-state index in [1.807, 2.05) is 0 Å². The van der Waals surface area contributed by atoms with E-state index in [2.05, 4.69) is 0 Å². The normalized spacial score (nSPS) is 19.6. The lowest BCUT2D eigenvalue weighted by molar-refractivity contribution is -0.142. The molecule has 2 aliphatic rings. The Hall–Kier alpha value is -2.26. The minimum atomic E-state index is -3.83. The molecule has 2 amide bonds. The third-order valence-corrected chi connectivity index (χ3v) is 6.40. The number of rotatable bonds is 3. The van der Waals surface area contributed by atoms with E-state index in [-0.39, 0.29) is 42.0 Å². The standard InChI is InChI=1S/C15H16N2O6S/c1-16-13(18)11-3-2-10(8-12(11)14(16)19)24(22,23)17-6-4-9(5-7-17)15(20)21/h2-3,8-9H,4-7H2,1H3,(H,20,21). The third kappa shape index (κ3) is 2.49. The molecule has 0 unspecified atom stereocenters. The van der Waals surface area contributed by atoms with Crippen molar-refractivity contribution in [1.82, 2.24) is 9.21 Å². The number of benzene rings is 1. The summed E-state index contributed by atoms with van der Waals surface area (Å²) in [6.45, 7) is 0.229. The molecule has 2 aliphatic heterocycles. The van der Waals surface area contributed by atoms with E-state index in [0.717, 1.165) is 4.90 Å². The number of sulfonamides is 1. The predicted molar refractivity (Wildman–Crippen MR) is 82.0 cm³/mol. The average molecular weight is 352 g/mol. The van der Waals surface area contributed by atoms with E-state index in [4.69, 9.17) is 5.11 Å². The largest absolute Gasteiger partial charge is 0.481 e. The van der Waals surface area contributed by atoms with Crippen LogP contribution in [0.1, 0.15) is 33.6 Å². The molecule has 1 aromatic carbocycles. The molecule has 128 valence electrons. The topological polar surface area (TPSA) is 112 Å². The second-order valence-electron chi connectivity index (χ2n) is 5.89. The maximum Gasteiger partial charge on any atom is 0.306 e. The van der Waals surface area contributed by atoms with Crippen molar-refractivity contribution in [1.29, 1.82) is 0 Å². The maximum absolute atomic E-state index is 12.7. The number of carboxylic acids is 1. The van der Waals surface area contributed by atoms with Crippen molar-refractivity contribution in [2.45, 2.75) is 17.7 Å². The van der Waals surface area contributed by atoms with Gasteiger partial charge >= 0.3 is 5.97 Å². The first-order chi connectivity index (χ1) is 11.2. The van der Waals surface area contributed by atoms with Crippen molar-refractivity contribution in [3.05, 3.63) is 29.3 Å². The van der Waals surface area contributed by atoms with E-state index in [1.54, 1.807) is 0 Å². The zero-order valence-electron chi connectivity index (χ0n) is 12.9. The van der Waals surface area contributed by atoms with Crippen LogP contribution in [-0.4, -0.2) is 60.7 Å². The van der Waals surface area contributed by atoms with Crippen molar-refractivity contribution in [3.8, 4) is 0 Å². The van der Waals surface area contributed by atoms with Crippen molar-refractivity contribution in [2.75, 3.05) is 20.1 Å². The number of piperidine rings is 1. The van der Waals surface area contributed by atoms with E-state index < -0.39 is 33.7 Å². The first kappa shape index (κ1) is 16.6. The van der Waals surface area contributed by atoms with Gasteiger partial charge in [0.25, 0.3) is 11.8 Å². The minimum absolute atomic E-state index is 0.0634. The fourth-order valence-corrected chi connectivity index (χ4v) is 4.49. The van der Waals surface area contributed by atoms with Crippen LogP contribution in [0.4, 0.5) is 0 Å². The minimum Gasteiger partial charge on any atom is -0.481 e. The number of amides is 2. The van der Waals surface area contributed by atoms with Crippen LogP contribution < -0.4 is 0 Å². The van der Waals surface area contributed by atoms with Crippen LogP contribution in [0.2, 0.25) is 0 Å². The highest BCUT2D eigenvalue weighted by atomic mass is 32.2. The molecule has 0 spiro atoms. The molecule has 0 saturated carbocycles. The van der Waals surface area contributed by atoms with Gasteiger partial charge in [0, 0.05) is 20.1 Å². The van der Waals surface area contributed by atoms with Gasteiger partial charge in [-0.05, 0) is 31.0 Å².